The highest BCUT2D eigenvalue weighted by molar-refractivity contribution is 5.73. The molecule has 1 aromatic carbocycles. The van der Waals surface area contributed by atoms with Gasteiger partial charge >= 0.3 is 5.76 Å². The Hall–Kier alpha value is -1.65. The van der Waals surface area contributed by atoms with Crippen LogP contribution in [0.1, 0.15) is 19.4 Å². The number of H-pyrrole nitrogens is 1. The van der Waals surface area contributed by atoms with E-state index in [0.29, 0.717) is 5.52 Å². The SMILES string of the molecule is CC(C)C(F)(F)c1ccc2oc(=O)[nH]c2c1. The van der Waals surface area contributed by atoms with Crippen molar-refractivity contribution in [1.29, 1.82) is 0 Å². The predicted octanol–water partition coefficient (Wildman–Crippen LogP) is 2.87. The van der Waals surface area contributed by atoms with Crippen LogP contribution in [0.25, 0.3) is 11.1 Å². The number of aromatic amines is 1. The van der Waals surface area contributed by atoms with Gasteiger partial charge in [-0.05, 0) is 18.2 Å². The molecule has 3 nitrogen and oxygen atoms in total. The standard InChI is InChI=1S/C11H11F2NO2/c1-6(2)11(12,13)7-3-4-9-8(5-7)14-10(15)16-9/h3-6H,1-2H3,(H,14,15). The van der Waals surface area contributed by atoms with Crippen LogP contribution in [0.4, 0.5) is 8.78 Å². The van der Waals surface area contributed by atoms with Crippen molar-refractivity contribution in [3.8, 4) is 0 Å². The summed E-state index contributed by atoms with van der Waals surface area (Å²) in [5.74, 6) is -4.36. The summed E-state index contributed by atoms with van der Waals surface area (Å²) in [5, 5.41) is 0. The fraction of sp³-hybridized carbons (Fsp3) is 0.364. The molecule has 0 radical (unpaired) electrons. The number of alkyl halides is 2. The zero-order valence-electron chi connectivity index (χ0n) is 8.88. The molecular weight excluding hydrogens is 216 g/mol. The average Bonchev–Trinajstić information content (AvgIpc) is 2.56. The highest BCUT2D eigenvalue weighted by Gasteiger charge is 2.35. The van der Waals surface area contributed by atoms with Crippen molar-refractivity contribution in [2.75, 3.05) is 0 Å². The fourth-order valence-corrected chi connectivity index (χ4v) is 1.49. The molecule has 0 amide bonds. The van der Waals surface area contributed by atoms with Crippen LogP contribution in [0.2, 0.25) is 0 Å². The van der Waals surface area contributed by atoms with Crippen LogP contribution < -0.4 is 5.76 Å². The lowest BCUT2D eigenvalue weighted by Crippen LogP contribution is -2.20. The summed E-state index contributed by atoms with van der Waals surface area (Å²) in [5.41, 5.74) is 0.461. The van der Waals surface area contributed by atoms with Gasteiger partial charge in [0, 0.05) is 11.5 Å². The molecule has 2 rings (SSSR count). The molecule has 0 saturated heterocycles. The Morgan fingerprint density at radius 2 is 2.06 bits per heavy atom. The zero-order valence-corrected chi connectivity index (χ0v) is 8.88. The highest BCUT2D eigenvalue weighted by atomic mass is 19.3. The maximum atomic E-state index is 13.7. The summed E-state index contributed by atoms with van der Waals surface area (Å²) in [4.78, 5) is 13.2. The van der Waals surface area contributed by atoms with Crippen molar-refractivity contribution >= 4 is 11.1 Å². The van der Waals surface area contributed by atoms with Gasteiger partial charge in [-0.3, -0.25) is 4.98 Å². The normalized spacial score (nSPS) is 12.6. The quantitative estimate of drug-likeness (QED) is 0.857. The number of oxazole rings is 1. The lowest BCUT2D eigenvalue weighted by atomic mass is 9.98. The molecule has 1 N–H and O–H groups in total. The van der Waals surface area contributed by atoms with Gasteiger partial charge in [0.2, 0.25) is 0 Å². The first-order chi connectivity index (χ1) is 7.41. The van der Waals surface area contributed by atoms with Gasteiger partial charge < -0.3 is 4.42 Å². The molecule has 0 atom stereocenters. The Labute approximate surface area is 90.1 Å². The first-order valence-electron chi connectivity index (χ1n) is 4.92. The van der Waals surface area contributed by atoms with Gasteiger partial charge in [-0.2, -0.15) is 0 Å². The molecule has 0 unspecified atom stereocenters. The summed E-state index contributed by atoms with van der Waals surface area (Å²) in [6, 6.07) is 3.90. The molecule has 0 saturated carbocycles. The van der Waals surface area contributed by atoms with E-state index in [1.54, 1.807) is 0 Å². The van der Waals surface area contributed by atoms with Crippen LogP contribution in [-0.2, 0) is 5.92 Å². The van der Waals surface area contributed by atoms with Gasteiger partial charge in [-0.15, -0.1) is 0 Å². The monoisotopic (exact) mass is 227 g/mol. The van der Waals surface area contributed by atoms with Crippen molar-refractivity contribution in [3.05, 3.63) is 34.3 Å². The van der Waals surface area contributed by atoms with E-state index in [9.17, 15) is 13.6 Å². The summed E-state index contributed by atoms with van der Waals surface area (Å²) >= 11 is 0. The largest absolute Gasteiger partial charge is 0.417 e. The number of hydrogen-bond acceptors (Lipinski definition) is 2. The van der Waals surface area contributed by atoms with Crippen molar-refractivity contribution in [2.45, 2.75) is 19.8 Å². The Balaban J connectivity index is 2.58. The second-order valence-corrected chi connectivity index (χ2v) is 4.00. The molecule has 0 bridgehead atoms. The van der Waals surface area contributed by atoms with E-state index in [0.717, 1.165) is 0 Å². The second-order valence-electron chi connectivity index (χ2n) is 4.00. The Bertz CT molecular complexity index is 569. The smallest absolute Gasteiger partial charge is 0.408 e. The van der Waals surface area contributed by atoms with Gasteiger partial charge in [0.15, 0.2) is 5.58 Å². The lowest BCUT2D eigenvalue weighted by Gasteiger charge is -2.20. The van der Waals surface area contributed by atoms with Crippen LogP contribution in [0.15, 0.2) is 27.4 Å². The number of aromatic nitrogens is 1. The fourth-order valence-electron chi connectivity index (χ4n) is 1.49. The number of halogens is 2. The molecule has 16 heavy (non-hydrogen) atoms. The maximum absolute atomic E-state index is 13.7. The van der Waals surface area contributed by atoms with Crippen LogP contribution in [0, 0.1) is 5.92 Å². The minimum absolute atomic E-state index is 0.118. The Morgan fingerprint density at radius 1 is 1.38 bits per heavy atom. The summed E-state index contributed by atoms with van der Waals surface area (Å²) in [6.45, 7) is 2.89. The molecule has 1 aromatic heterocycles. The zero-order chi connectivity index (χ0) is 11.9. The van der Waals surface area contributed by atoms with E-state index in [4.69, 9.17) is 4.42 Å². The van der Waals surface area contributed by atoms with Crippen LogP contribution in [0.3, 0.4) is 0 Å². The van der Waals surface area contributed by atoms with Gasteiger partial charge in [0.25, 0.3) is 5.92 Å². The van der Waals surface area contributed by atoms with Crippen molar-refractivity contribution in [2.24, 2.45) is 5.92 Å². The molecule has 0 aliphatic carbocycles. The minimum Gasteiger partial charge on any atom is -0.408 e. The molecule has 0 fully saturated rings. The average molecular weight is 227 g/mol. The summed E-state index contributed by atoms with van der Waals surface area (Å²) in [7, 11) is 0. The van der Waals surface area contributed by atoms with Crippen LogP contribution >= 0.6 is 0 Å². The highest BCUT2D eigenvalue weighted by Crippen LogP contribution is 2.36. The molecule has 0 aliphatic heterocycles. The first-order valence-corrected chi connectivity index (χ1v) is 4.92. The van der Waals surface area contributed by atoms with E-state index >= 15 is 0 Å². The van der Waals surface area contributed by atoms with Gasteiger partial charge in [0.1, 0.15) is 0 Å². The molecule has 2 aromatic rings. The van der Waals surface area contributed by atoms with Crippen LogP contribution in [-0.4, -0.2) is 4.98 Å². The maximum Gasteiger partial charge on any atom is 0.417 e. The van der Waals surface area contributed by atoms with Crippen molar-refractivity contribution in [1.82, 2.24) is 4.98 Å². The molecule has 0 spiro atoms. The summed E-state index contributed by atoms with van der Waals surface area (Å²) < 4.78 is 32.1. The van der Waals surface area contributed by atoms with E-state index < -0.39 is 17.6 Å². The number of benzene rings is 1. The number of hydrogen-bond donors (Lipinski definition) is 1. The third kappa shape index (κ3) is 1.62. The molecule has 86 valence electrons. The van der Waals surface area contributed by atoms with E-state index in [1.165, 1.54) is 32.0 Å². The number of rotatable bonds is 2. The first kappa shape index (κ1) is 10.9. The molecular formula is C11H11F2NO2. The predicted molar refractivity (Wildman–Crippen MR) is 55.6 cm³/mol. The minimum atomic E-state index is -2.91. The van der Waals surface area contributed by atoms with Crippen molar-refractivity contribution < 1.29 is 13.2 Å². The molecule has 1 heterocycles. The topological polar surface area (TPSA) is 46.0 Å². The van der Waals surface area contributed by atoms with Gasteiger partial charge in [-0.25, -0.2) is 13.6 Å². The van der Waals surface area contributed by atoms with E-state index in [-0.39, 0.29) is 11.1 Å². The number of fused-ring (bicyclic) bond motifs is 1. The second kappa shape index (κ2) is 3.43. The lowest BCUT2D eigenvalue weighted by molar-refractivity contribution is -0.0512. The van der Waals surface area contributed by atoms with Crippen LogP contribution in [0.5, 0.6) is 0 Å². The summed E-state index contributed by atoms with van der Waals surface area (Å²) in [6.07, 6.45) is 0. The molecule has 0 aliphatic rings. The Kier molecular flexibility index (Phi) is 2.33. The van der Waals surface area contributed by atoms with Gasteiger partial charge in [-0.1, -0.05) is 13.8 Å². The third-order valence-corrected chi connectivity index (χ3v) is 2.53. The molecule has 5 heteroatoms. The van der Waals surface area contributed by atoms with E-state index in [1.807, 2.05) is 0 Å². The van der Waals surface area contributed by atoms with Crippen molar-refractivity contribution in [3.63, 3.8) is 0 Å². The van der Waals surface area contributed by atoms with Gasteiger partial charge in [0.05, 0.1) is 5.52 Å². The number of nitrogens with one attached hydrogen (secondary N) is 1. The Morgan fingerprint density at radius 3 is 2.69 bits per heavy atom. The van der Waals surface area contributed by atoms with E-state index in [2.05, 4.69) is 4.98 Å². The third-order valence-electron chi connectivity index (χ3n) is 2.53.